The number of nitrogens with one attached hydrogen (secondary N) is 1. The molecule has 1 N–H and O–H groups in total. The van der Waals surface area contributed by atoms with Gasteiger partial charge in [-0.15, -0.1) is 0 Å². The first kappa shape index (κ1) is 11.2. The number of hydrogen-bond acceptors (Lipinski definition) is 3. The number of rotatable bonds is 7. The Hall–Kier alpha value is -0.870. The maximum Gasteiger partial charge on any atom is 0.122 e. The van der Waals surface area contributed by atoms with Crippen molar-refractivity contribution in [3.8, 4) is 0 Å². The fraction of sp³-hybridized carbons (Fsp3) is 0.700. The third kappa shape index (κ3) is 3.47. The van der Waals surface area contributed by atoms with Gasteiger partial charge in [-0.05, 0) is 19.9 Å². The van der Waals surface area contributed by atoms with Gasteiger partial charge in [-0.25, -0.2) is 4.98 Å². The van der Waals surface area contributed by atoms with Gasteiger partial charge in [-0.1, -0.05) is 0 Å². The van der Waals surface area contributed by atoms with Crippen LogP contribution in [-0.4, -0.2) is 29.8 Å². The molecule has 80 valence electrons. The highest BCUT2D eigenvalue weighted by atomic mass is 16.5. The zero-order valence-corrected chi connectivity index (χ0v) is 8.99. The predicted octanol–water partition coefficient (Wildman–Crippen LogP) is 1.03. The van der Waals surface area contributed by atoms with Crippen LogP contribution in [0.1, 0.15) is 19.2 Å². The van der Waals surface area contributed by atoms with E-state index < -0.39 is 0 Å². The first-order valence-electron chi connectivity index (χ1n) is 5.08. The van der Waals surface area contributed by atoms with E-state index in [9.17, 15) is 0 Å². The Balaban J connectivity index is 2.17. The van der Waals surface area contributed by atoms with Crippen LogP contribution in [0.5, 0.6) is 0 Å². The minimum atomic E-state index is 0.815. The van der Waals surface area contributed by atoms with Crippen molar-refractivity contribution in [2.45, 2.75) is 26.4 Å². The van der Waals surface area contributed by atoms with Gasteiger partial charge in [-0.2, -0.15) is 0 Å². The molecule has 0 aliphatic rings. The van der Waals surface area contributed by atoms with Gasteiger partial charge < -0.3 is 14.6 Å². The first-order chi connectivity index (χ1) is 6.88. The number of hydrogen-bond donors (Lipinski definition) is 1. The summed E-state index contributed by atoms with van der Waals surface area (Å²) in [5.41, 5.74) is 0. The molecule has 0 fully saturated rings. The second kappa shape index (κ2) is 6.56. The molecule has 1 rings (SSSR count). The van der Waals surface area contributed by atoms with E-state index in [0.29, 0.717) is 0 Å². The summed E-state index contributed by atoms with van der Waals surface area (Å²) in [6.07, 6.45) is 4.89. The van der Waals surface area contributed by atoms with Gasteiger partial charge in [0.25, 0.3) is 0 Å². The Morgan fingerprint density at radius 2 is 2.43 bits per heavy atom. The molecule has 0 unspecified atom stereocenters. The molecule has 1 aromatic rings. The molecule has 4 heteroatoms. The summed E-state index contributed by atoms with van der Waals surface area (Å²) >= 11 is 0. The molecule has 0 saturated carbocycles. The summed E-state index contributed by atoms with van der Waals surface area (Å²) in [5, 5.41) is 3.33. The third-order valence-electron chi connectivity index (χ3n) is 2.13. The second-order valence-electron chi connectivity index (χ2n) is 3.15. The highest BCUT2D eigenvalue weighted by Crippen LogP contribution is 1.96. The number of ether oxygens (including phenoxy) is 1. The minimum Gasteiger partial charge on any atom is -0.385 e. The maximum absolute atomic E-state index is 4.96. The Morgan fingerprint density at radius 1 is 1.57 bits per heavy atom. The van der Waals surface area contributed by atoms with Gasteiger partial charge in [0.05, 0.1) is 6.54 Å². The van der Waals surface area contributed by atoms with Crippen LogP contribution in [0.25, 0.3) is 0 Å². The molecular formula is C10H19N3O. The van der Waals surface area contributed by atoms with E-state index in [1.165, 1.54) is 0 Å². The standard InChI is InChI=1S/C10H19N3O/c1-3-13-7-6-12-10(13)9-11-5-4-8-14-2/h6-7,11H,3-5,8-9H2,1-2H3. The van der Waals surface area contributed by atoms with Crippen molar-refractivity contribution in [1.82, 2.24) is 14.9 Å². The van der Waals surface area contributed by atoms with Crippen molar-refractivity contribution in [3.05, 3.63) is 18.2 Å². The molecule has 0 atom stereocenters. The Morgan fingerprint density at radius 3 is 3.14 bits per heavy atom. The van der Waals surface area contributed by atoms with Crippen molar-refractivity contribution >= 4 is 0 Å². The van der Waals surface area contributed by atoms with Crippen molar-refractivity contribution in [3.63, 3.8) is 0 Å². The average molecular weight is 197 g/mol. The SMILES string of the molecule is CCn1ccnc1CNCCCOC. The van der Waals surface area contributed by atoms with Crippen LogP contribution in [0.15, 0.2) is 12.4 Å². The van der Waals surface area contributed by atoms with Gasteiger partial charge in [0.1, 0.15) is 5.82 Å². The summed E-state index contributed by atoms with van der Waals surface area (Å²) < 4.78 is 7.11. The summed E-state index contributed by atoms with van der Waals surface area (Å²) in [5.74, 6) is 1.10. The molecule has 4 nitrogen and oxygen atoms in total. The topological polar surface area (TPSA) is 39.1 Å². The Kier molecular flexibility index (Phi) is 5.25. The lowest BCUT2D eigenvalue weighted by atomic mass is 10.4. The highest BCUT2D eigenvalue weighted by Gasteiger charge is 1.98. The van der Waals surface area contributed by atoms with Crippen LogP contribution in [0.3, 0.4) is 0 Å². The fourth-order valence-corrected chi connectivity index (χ4v) is 1.34. The van der Waals surface area contributed by atoms with Crippen LogP contribution in [0, 0.1) is 0 Å². The summed E-state index contributed by atoms with van der Waals surface area (Å²) in [6.45, 7) is 5.73. The molecule has 14 heavy (non-hydrogen) atoms. The normalized spacial score (nSPS) is 10.7. The van der Waals surface area contributed by atoms with E-state index in [0.717, 1.165) is 38.5 Å². The van der Waals surface area contributed by atoms with Crippen molar-refractivity contribution < 1.29 is 4.74 Å². The van der Waals surface area contributed by atoms with Crippen molar-refractivity contribution in [2.24, 2.45) is 0 Å². The van der Waals surface area contributed by atoms with Gasteiger partial charge in [0.15, 0.2) is 0 Å². The number of imidazole rings is 1. The molecule has 0 bridgehead atoms. The van der Waals surface area contributed by atoms with Gasteiger partial charge in [-0.3, -0.25) is 0 Å². The van der Waals surface area contributed by atoms with E-state index in [1.807, 2.05) is 12.4 Å². The Labute approximate surface area is 85.3 Å². The van der Waals surface area contributed by atoms with Gasteiger partial charge >= 0.3 is 0 Å². The fourth-order valence-electron chi connectivity index (χ4n) is 1.34. The zero-order chi connectivity index (χ0) is 10.2. The van der Waals surface area contributed by atoms with E-state index in [4.69, 9.17) is 4.74 Å². The summed E-state index contributed by atoms with van der Waals surface area (Å²) in [6, 6.07) is 0. The van der Waals surface area contributed by atoms with E-state index >= 15 is 0 Å². The van der Waals surface area contributed by atoms with Gasteiger partial charge in [0.2, 0.25) is 0 Å². The monoisotopic (exact) mass is 197 g/mol. The van der Waals surface area contributed by atoms with Crippen LogP contribution in [0.4, 0.5) is 0 Å². The summed E-state index contributed by atoms with van der Waals surface area (Å²) in [7, 11) is 1.73. The molecule has 0 aromatic carbocycles. The van der Waals surface area contributed by atoms with E-state index in [2.05, 4.69) is 21.8 Å². The van der Waals surface area contributed by atoms with Crippen LogP contribution in [0.2, 0.25) is 0 Å². The molecule has 0 amide bonds. The number of aryl methyl sites for hydroxylation is 1. The average Bonchev–Trinajstić information content (AvgIpc) is 2.65. The molecule has 1 aromatic heterocycles. The predicted molar refractivity (Wildman–Crippen MR) is 56.1 cm³/mol. The number of methoxy groups -OCH3 is 1. The third-order valence-corrected chi connectivity index (χ3v) is 2.13. The van der Waals surface area contributed by atoms with E-state index in [-0.39, 0.29) is 0 Å². The van der Waals surface area contributed by atoms with Crippen LogP contribution >= 0.6 is 0 Å². The molecular weight excluding hydrogens is 178 g/mol. The molecule has 0 saturated heterocycles. The Bertz CT molecular complexity index is 247. The van der Waals surface area contributed by atoms with Crippen LogP contribution < -0.4 is 5.32 Å². The molecule has 0 spiro atoms. The number of nitrogens with zero attached hydrogens (tertiary/aromatic N) is 2. The largest absolute Gasteiger partial charge is 0.385 e. The highest BCUT2D eigenvalue weighted by molar-refractivity contribution is 4.91. The van der Waals surface area contributed by atoms with Crippen molar-refractivity contribution in [2.75, 3.05) is 20.3 Å². The molecule has 0 radical (unpaired) electrons. The quantitative estimate of drug-likeness (QED) is 0.664. The first-order valence-corrected chi connectivity index (χ1v) is 5.08. The minimum absolute atomic E-state index is 0.815. The van der Waals surface area contributed by atoms with Gasteiger partial charge in [0, 0.05) is 32.7 Å². The lowest BCUT2D eigenvalue weighted by molar-refractivity contribution is 0.194. The maximum atomic E-state index is 4.96. The molecule has 0 aliphatic heterocycles. The zero-order valence-electron chi connectivity index (χ0n) is 8.99. The van der Waals surface area contributed by atoms with Crippen LogP contribution in [-0.2, 0) is 17.8 Å². The number of aromatic nitrogens is 2. The molecule has 0 aliphatic carbocycles. The second-order valence-corrected chi connectivity index (χ2v) is 3.15. The smallest absolute Gasteiger partial charge is 0.122 e. The van der Waals surface area contributed by atoms with Crippen molar-refractivity contribution in [1.29, 1.82) is 0 Å². The lowest BCUT2D eigenvalue weighted by Crippen LogP contribution is -2.18. The molecule has 1 heterocycles. The lowest BCUT2D eigenvalue weighted by Gasteiger charge is -2.06. The van der Waals surface area contributed by atoms with E-state index in [1.54, 1.807) is 7.11 Å². The summed E-state index contributed by atoms with van der Waals surface area (Å²) in [4.78, 5) is 4.27.